The fourth-order valence-corrected chi connectivity index (χ4v) is 4.63. The molecule has 3 aromatic rings. The number of nitrogen functional groups attached to an aromatic ring is 1. The summed E-state index contributed by atoms with van der Waals surface area (Å²) in [5, 5.41) is 3.19. The first-order valence-corrected chi connectivity index (χ1v) is 12.3. The predicted molar refractivity (Wildman–Crippen MR) is 134 cm³/mol. The molecule has 3 N–H and O–H groups in total. The first kappa shape index (κ1) is 23.4. The zero-order chi connectivity index (χ0) is 24.4. The summed E-state index contributed by atoms with van der Waals surface area (Å²) < 4.78 is 11.4. The van der Waals surface area contributed by atoms with E-state index >= 15 is 0 Å². The summed E-state index contributed by atoms with van der Waals surface area (Å²) in [7, 11) is 0. The van der Waals surface area contributed by atoms with E-state index in [1.807, 2.05) is 36.4 Å². The van der Waals surface area contributed by atoms with E-state index in [4.69, 9.17) is 20.2 Å². The third-order valence-electron chi connectivity index (χ3n) is 6.73. The van der Waals surface area contributed by atoms with Crippen LogP contribution in [-0.4, -0.2) is 70.2 Å². The van der Waals surface area contributed by atoms with Crippen LogP contribution in [-0.2, 0) is 4.74 Å². The van der Waals surface area contributed by atoms with Gasteiger partial charge in [0.25, 0.3) is 5.91 Å². The molecule has 35 heavy (non-hydrogen) atoms. The summed E-state index contributed by atoms with van der Waals surface area (Å²) >= 11 is 0. The Hall–Kier alpha value is -3.30. The lowest BCUT2D eigenvalue weighted by molar-refractivity contribution is 0.0900. The highest BCUT2D eigenvalue weighted by Crippen LogP contribution is 2.28. The zero-order valence-corrected chi connectivity index (χ0v) is 20.2. The van der Waals surface area contributed by atoms with Crippen molar-refractivity contribution in [2.24, 2.45) is 0 Å². The molecule has 0 saturated carbocycles. The smallest absolute Gasteiger partial charge is 0.251 e. The molecule has 1 atom stereocenters. The monoisotopic (exact) mass is 476 g/mol. The molecule has 2 aliphatic rings. The van der Waals surface area contributed by atoms with Crippen LogP contribution >= 0.6 is 0 Å². The van der Waals surface area contributed by atoms with Crippen molar-refractivity contribution in [1.82, 2.24) is 25.2 Å². The Kier molecular flexibility index (Phi) is 6.79. The number of nitrogens with zero attached hydrogens (tertiary/aromatic N) is 4. The van der Waals surface area contributed by atoms with Gasteiger partial charge in [0, 0.05) is 42.7 Å². The van der Waals surface area contributed by atoms with Gasteiger partial charge in [0.15, 0.2) is 5.52 Å². The van der Waals surface area contributed by atoms with Gasteiger partial charge in [-0.2, -0.15) is 4.98 Å². The topological polar surface area (TPSA) is 115 Å². The minimum absolute atomic E-state index is 0.0376. The highest BCUT2D eigenvalue weighted by molar-refractivity contribution is 5.95. The quantitative estimate of drug-likeness (QED) is 0.558. The summed E-state index contributed by atoms with van der Waals surface area (Å²) in [5.74, 6) is 0.472. The third kappa shape index (κ3) is 5.36. The molecule has 4 heterocycles. The molecular formula is C26H32N6O3. The van der Waals surface area contributed by atoms with Gasteiger partial charge in [-0.05, 0) is 51.0 Å². The van der Waals surface area contributed by atoms with E-state index in [2.05, 4.69) is 34.0 Å². The van der Waals surface area contributed by atoms with Crippen molar-refractivity contribution < 1.29 is 14.3 Å². The average molecular weight is 477 g/mol. The van der Waals surface area contributed by atoms with Gasteiger partial charge in [-0.15, -0.1) is 0 Å². The maximum atomic E-state index is 12.8. The number of hydrogen-bond acceptors (Lipinski definition) is 8. The van der Waals surface area contributed by atoms with E-state index in [1.54, 1.807) is 0 Å². The molecule has 2 fully saturated rings. The van der Waals surface area contributed by atoms with Crippen LogP contribution < -0.4 is 15.8 Å². The molecule has 1 aromatic carbocycles. The van der Waals surface area contributed by atoms with Crippen molar-refractivity contribution >= 4 is 22.9 Å². The Morgan fingerprint density at radius 1 is 1.09 bits per heavy atom. The SMILES string of the molecule is CC(C)N1CCC(NC(=O)c2ccc(-c3ccc4nc(N)nc(OC5CCOC5)c4n3)cc2)CC1. The van der Waals surface area contributed by atoms with Crippen LogP contribution in [0.4, 0.5) is 5.95 Å². The second kappa shape index (κ2) is 10.1. The molecular weight excluding hydrogens is 444 g/mol. The summed E-state index contributed by atoms with van der Waals surface area (Å²) in [5.41, 5.74) is 9.32. The number of aromatic nitrogens is 3. The summed E-state index contributed by atoms with van der Waals surface area (Å²) in [4.78, 5) is 28.6. The van der Waals surface area contributed by atoms with Gasteiger partial charge in [0.1, 0.15) is 6.10 Å². The van der Waals surface area contributed by atoms with Crippen molar-refractivity contribution in [3.05, 3.63) is 42.0 Å². The average Bonchev–Trinajstić information content (AvgIpc) is 3.37. The summed E-state index contributed by atoms with van der Waals surface area (Å²) in [6, 6.07) is 12.0. The van der Waals surface area contributed by atoms with Gasteiger partial charge in [-0.25, -0.2) is 9.97 Å². The van der Waals surface area contributed by atoms with Gasteiger partial charge in [-0.1, -0.05) is 12.1 Å². The lowest BCUT2D eigenvalue weighted by Gasteiger charge is -2.34. The molecule has 0 spiro atoms. The molecule has 5 rings (SSSR count). The van der Waals surface area contributed by atoms with Crippen LogP contribution in [0.15, 0.2) is 36.4 Å². The number of fused-ring (bicyclic) bond motifs is 1. The number of nitrogens with one attached hydrogen (secondary N) is 1. The Morgan fingerprint density at radius 2 is 1.86 bits per heavy atom. The van der Waals surface area contributed by atoms with Crippen LogP contribution in [0.5, 0.6) is 5.88 Å². The van der Waals surface area contributed by atoms with E-state index in [0.29, 0.717) is 41.7 Å². The number of nitrogens with two attached hydrogens (primary N) is 1. The highest BCUT2D eigenvalue weighted by Gasteiger charge is 2.23. The number of hydrogen-bond donors (Lipinski definition) is 2. The van der Waals surface area contributed by atoms with Crippen molar-refractivity contribution in [1.29, 1.82) is 0 Å². The van der Waals surface area contributed by atoms with Crippen LogP contribution in [0, 0.1) is 0 Å². The maximum Gasteiger partial charge on any atom is 0.251 e. The first-order valence-electron chi connectivity index (χ1n) is 12.3. The van der Waals surface area contributed by atoms with Crippen molar-refractivity contribution in [2.45, 2.75) is 51.3 Å². The van der Waals surface area contributed by atoms with Crippen molar-refractivity contribution in [3.63, 3.8) is 0 Å². The van der Waals surface area contributed by atoms with E-state index in [0.717, 1.165) is 43.6 Å². The normalized spacial score (nSPS) is 19.3. The van der Waals surface area contributed by atoms with Crippen molar-refractivity contribution in [3.8, 4) is 17.1 Å². The number of anilines is 1. The van der Waals surface area contributed by atoms with Crippen molar-refractivity contribution in [2.75, 3.05) is 32.0 Å². The number of likely N-dealkylation sites (tertiary alicyclic amines) is 1. The fraction of sp³-hybridized carbons (Fsp3) is 0.462. The number of ether oxygens (including phenoxy) is 2. The van der Waals surface area contributed by atoms with Gasteiger partial charge < -0.3 is 25.4 Å². The number of carbonyl (C=O) groups is 1. The van der Waals surface area contributed by atoms with Crippen LogP contribution in [0.2, 0.25) is 0 Å². The Balaban J connectivity index is 1.30. The minimum atomic E-state index is -0.0756. The number of amides is 1. The second-order valence-electron chi connectivity index (χ2n) is 9.51. The molecule has 0 aliphatic carbocycles. The Morgan fingerprint density at radius 3 is 2.54 bits per heavy atom. The Labute approximate surface area is 205 Å². The molecule has 0 bridgehead atoms. The van der Waals surface area contributed by atoms with Gasteiger partial charge in [0.05, 0.1) is 24.4 Å². The fourth-order valence-electron chi connectivity index (χ4n) is 4.63. The second-order valence-corrected chi connectivity index (χ2v) is 9.51. The molecule has 1 amide bonds. The van der Waals surface area contributed by atoms with Gasteiger partial charge >= 0.3 is 0 Å². The predicted octanol–water partition coefficient (Wildman–Crippen LogP) is 3.04. The number of pyridine rings is 1. The molecule has 2 aromatic heterocycles. The number of rotatable bonds is 6. The molecule has 2 aliphatic heterocycles. The Bertz CT molecular complexity index is 1190. The van der Waals surface area contributed by atoms with Crippen LogP contribution in [0.3, 0.4) is 0 Å². The van der Waals surface area contributed by atoms with E-state index in [-0.39, 0.29) is 24.0 Å². The molecule has 184 valence electrons. The molecule has 2 saturated heterocycles. The van der Waals surface area contributed by atoms with Crippen LogP contribution in [0.25, 0.3) is 22.3 Å². The first-order chi connectivity index (χ1) is 17.0. The molecule has 1 unspecified atom stereocenters. The summed E-state index contributed by atoms with van der Waals surface area (Å²) in [6.45, 7) is 7.65. The number of carbonyl (C=O) groups excluding carboxylic acids is 1. The van der Waals surface area contributed by atoms with Gasteiger partial charge in [-0.3, -0.25) is 4.79 Å². The van der Waals surface area contributed by atoms with E-state index < -0.39 is 0 Å². The summed E-state index contributed by atoms with van der Waals surface area (Å²) in [6.07, 6.45) is 2.68. The number of piperidine rings is 1. The lowest BCUT2D eigenvalue weighted by Crippen LogP contribution is -2.46. The van der Waals surface area contributed by atoms with E-state index in [1.165, 1.54) is 0 Å². The van der Waals surface area contributed by atoms with E-state index in [9.17, 15) is 4.79 Å². The zero-order valence-electron chi connectivity index (χ0n) is 20.2. The standard InChI is InChI=1S/C26H32N6O3/c1-16(2)32-12-9-19(10-13-32)28-24(33)18-5-3-17(4-6-18)21-7-8-22-23(29-21)25(31-26(27)30-22)35-20-11-14-34-15-20/h3-8,16,19-20H,9-15H2,1-2H3,(H,28,33)(H2,27,30,31). The number of benzene rings is 1. The van der Waals surface area contributed by atoms with Crippen LogP contribution in [0.1, 0.15) is 43.5 Å². The maximum absolute atomic E-state index is 12.8. The minimum Gasteiger partial charge on any atom is -0.470 e. The van der Waals surface area contributed by atoms with Gasteiger partial charge in [0.2, 0.25) is 11.8 Å². The third-order valence-corrected chi connectivity index (χ3v) is 6.73. The molecule has 9 nitrogen and oxygen atoms in total. The highest BCUT2D eigenvalue weighted by atomic mass is 16.5. The lowest BCUT2D eigenvalue weighted by atomic mass is 10.0. The molecule has 9 heteroatoms. The largest absolute Gasteiger partial charge is 0.470 e. The molecule has 0 radical (unpaired) electrons.